The number of anilines is 1. The summed E-state index contributed by atoms with van der Waals surface area (Å²) < 4.78 is 0. The standard InChI is InChI=1S/C17H15ClN2O/c1-12-4-5-14(11-13(12)3-2-10-19)17(21)20-16-8-6-15(18)7-9-16/h4-9,11H,10,19H2,1H3,(H,20,21). The summed E-state index contributed by atoms with van der Waals surface area (Å²) in [4.78, 5) is 12.2. The van der Waals surface area contributed by atoms with Gasteiger partial charge in [-0.15, -0.1) is 0 Å². The maximum Gasteiger partial charge on any atom is 0.255 e. The van der Waals surface area contributed by atoms with Crippen LogP contribution in [0.4, 0.5) is 5.69 Å². The Kier molecular flexibility index (Phi) is 4.99. The minimum absolute atomic E-state index is 0.187. The van der Waals surface area contributed by atoms with Crippen LogP contribution in [0.5, 0.6) is 0 Å². The van der Waals surface area contributed by atoms with Crippen LogP contribution in [-0.2, 0) is 0 Å². The van der Waals surface area contributed by atoms with Gasteiger partial charge < -0.3 is 11.1 Å². The van der Waals surface area contributed by atoms with E-state index < -0.39 is 0 Å². The molecular formula is C17H15ClN2O. The summed E-state index contributed by atoms with van der Waals surface area (Å²) >= 11 is 5.81. The largest absolute Gasteiger partial charge is 0.322 e. The Morgan fingerprint density at radius 2 is 1.95 bits per heavy atom. The van der Waals surface area contributed by atoms with Crippen molar-refractivity contribution in [2.45, 2.75) is 6.92 Å². The SMILES string of the molecule is Cc1ccc(C(=O)Nc2ccc(Cl)cc2)cc1C#CCN. The summed E-state index contributed by atoms with van der Waals surface area (Å²) in [6.45, 7) is 2.24. The average Bonchev–Trinajstić information content (AvgIpc) is 2.48. The van der Waals surface area contributed by atoms with Gasteiger partial charge in [0.15, 0.2) is 0 Å². The Morgan fingerprint density at radius 3 is 2.62 bits per heavy atom. The van der Waals surface area contributed by atoms with Crippen molar-refractivity contribution >= 4 is 23.2 Å². The minimum Gasteiger partial charge on any atom is -0.322 e. The second-order valence-corrected chi connectivity index (χ2v) is 4.93. The number of nitrogens with one attached hydrogen (secondary N) is 1. The van der Waals surface area contributed by atoms with Gasteiger partial charge in [-0.2, -0.15) is 0 Å². The van der Waals surface area contributed by atoms with Gasteiger partial charge in [0.2, 0.25) is 0 Å². The molecule has 0 fully saturated rings. The number of hydrogen-bond acceptors (Lipinski definition) is 2. The van der Waals surface area contributed by atoms with Crippen molar-refractivity contribution in [3.8, 4) is 11.8 Å². The summed E-state index contributed by atoms with van der Waals surface area (Å²) in [6.07, 6.45) is 0. The highest BCUT2D eigenvalue weighted by Crippen LogP contribution is 2.16. The van der Waals surface area contributed by atoms with Crippen molar-refractivity contribution in [1.29, 1.82) is 0 Å². The number of rotatable bonds is 2. The first-order chi connectivity index (χ1) is 10.1. The predicted molar refractivity (Wildman–Crippen MR) is 86.5 cm³/mol. The fourth-order valence-corrected chi connectivity index (χ4v) is 1.91. The normalized spacial score (nSPS) is 9.67. The van der Waals surface area contributed by atoms with E-state index >= 15 is 0 Å². The molecule has 2 aromatic carbocycles. The third kappa shape index (κ3) is 4.09. The number of halogens is 1. The van der Waals surface area contributed by atoms with Gasteiger partial charge in [-0.05, 0) is 48.9 Å². The Hall–Kier alpha value is -2.28. The Labute approximate surface area is 129 Å². The number of nitrogens with two attached hydrogens (primary N) is 1. The molecule has 2 aromatic rings. The van der Waals surface area contributed by atoms with E-state index in [-0.39, 0.29) is 5.91 Å². The van der Waals surface area contributed by atoms with E-state index in [9.17, 15) is 4.79 Å². The van der Waals surface area contributed by atoms with Gasteiger partial charge in [-0.3, -0.25) is 4.79 Å². The minimum atomic E-state index is -0.187. The number of benzene rings is 2. The summed E-state index contributed by atoms with van der Waals surface area (Å²) in [6, 6.07) is 12.4. The van der Waals surface area contributed by atoms with Crippen molar-refractivity contribution in [2.75, 3.05) is 11.9 Å². The second-order valence-electron chi connectivity index (χ2n) is 4.50. The Bertz CT molecular complexity index is 712. The Balaban J connectivity index is 2.21. The van der Waals surface area contributed by atoms with Crippen LogP contribution in [0, 0.1) is 18.8 Å². The van der Waals surface area contributed by atoms with Gasteiger partial charge in [0.05, 0.1) is 6.54 Å². The van der Waals surface area contributed by atoms with E-state index in [0.717, 1.165) is 11.1 Å². The highest BCUT2D eigenvalue weighted by Gasteiger charge is 2.07. The van der Waals surface area contributed by atoms with Gasteiger partial charge in [0, 0.05) is 21.8 Å². The molecule has 106 valence electrons. The van der Waals surface area contributed by atoms with Gasteiger partial charge in [0.25, 0.3) is 5.91 Å². The fourth-order valence-electron chi connectivity index (χ4n) is 1.78. The molecule has 1 amide bonds. The van der Waals surface area contributed by atoms with E-state index in [1.807, 2.05) is 13.0 Å². The van der Waals surface area contributed by atoms with Gasteiger partial charge >= 0.3 is 0 Å². The number of carbonyl (C=O) groups excluding carboxylic acids is 1. The van der Waals surface area contributed by atoms with E-state index in [1.165, 1.54) is 0 Å². The molecular weight excluding hydrogens is 284 g/mol. The highest BCUT2D eigenvalue weighted by atomic mass is 35.5. The lowest BCUT2D eigenvalue weighted by molar-refractivity contribution is 0.102. The molecule has 0 aliphatic heterocycles. The molecule has 3 N–H and O–H groups in total. The molecule has 0 aromatic heterocycles. The first-order valence-corrected chi connectivity index (χ1v) is 6.84. The van der Waals surface area contributed by atoms with E-state index in [0.29, 0.717) is 22.8 Å². The molecule has 0 aliphatic rings. The molecule has 0 heterocycles. The number of carbonyl (C=O) groups is 1. The zero-order chi connectivity index (χ0) is 15.2. The quantitative estimate of drug-likeness (QED) is 0.837. The first-order valence-electron chi connectivity index (χ1n) is 6.46. The number of aryl methyl sites for hydroxylation is 1. The van der Waals surface area contributed by atoms with Crippen LogP contribution in [0.15, 0.2) is 42.5 Å². The first kappa shape index (κ1) is 15.1. The fraction of sp³-hybridized carbons (Fsp3) is 0.118. The predicted octanol–water partition coefficient (Wildman–Crippen LogP) is 3.21. The van der Waals surface area contributed by atoms with Crippen molar-refractivity contribution in [3.05, 3.63) is 64.2 Å². The third-order valence-electron chi connectivity index (χ3n) is 2.93. The lowest BCUT2D eigenvalue weighted by atomic mass is 10.0. The van der Waals surface area contributed by atoms with E-state index in [2.05, 4.69) is 17.2 Å². The molecule has 0 radical (unpaired) electrons. The number of hydrogen-bond donors (Lipinski definition) is 2. The van der Waals surface area contributed by atoms with Gasteiger partial charge in [0.1, 0.15) is 0 Å². The molecule has 0 saturated carbocycles. The maximum atomic E-state index is 12.2. The summed E-state index contributed by atoms with van der Waals surface area (Å²) in [7, 11) is 0. The van der Waals surface area contributed by atoms with Crippen LogP contribution in [-0.4, -0.2) is 12.5 Å². The van der Waals surface area contributed by atoms with Crippen molar-refractivity contribution in [2.24, 2.45) is 5.73 Å². The zero-order valence-electron chi connectivity index (χ0n) is 11.6. The molecule has 0 aliphatic carbocycles. The monoisotopic (exact) mass is 298 g/mol. The zero-order valence-corrected chi connectivity index (χ0v) is 12.4. The molecule has 0 saturated heterocycles. The van der Waals surface area contributed by atoms with Crippen LogP contribution in [0.3, 0.4) is 0 Å². The van der Waals surface area contributed by atoms with Gasteiger partial charge in [-0.1, -0.05) is 29.5 Å². The van der Waals surface area contributed by atoms with E-state index in [1.54, 1.807) is 36.4 Å². The molecule has 0 unspecified atom stereocenters. The van der Waals surface area contributed by atoms with E-state index in [4.69, 9.17) is 17.3 Å². The molecule has 0 spiro atoms. The van der Waals surface area contributed by atoms with Gasteiger partial charge in [-0.25, -0.2) is 0 Å². The van der Waals surface area contributed by atoms with Crippen molar-refractivity contribution in [1.82, 2.24) is 0 Å². The third-order valence-corrected chi connectivity index (χ3v) is 3.18. The van der Waals surface area contributed by atoms with Crippen molar-refractivity contribution in [3.63, 3.8) is 0 Å². The summed E-state index contributed by atoms with van der Waals surface area (Å²) in [5.74, 6) is 5.58. The maximum absolute atomic E-state index is 12.2. The molecule has 2 rings (SSSR count). The smallest absolute Gasteiger partial charge is 0.255 e. The van der Waals surface area contributed by atoms with Crippen LogP contribution in [0.2, 0.25) is 5.02 Å². The Morgan fingerprint density at radius 1 is 1.24 bits per heavy atom. The van der Waals surface area contributed by atoms with Crippen LogP contribution < -0.4 is 11.1 Å². The average molecular weight is 299 g/mol. The summed E-state index contributed by atoms with van der Waals surface area (Å²) in [5.41, 5.74) is 8.44. The molecule has 0 bridgehead atoms. The lowest BCUT2D eigenvalue weighted by Crippen LogP contribution is -2.12. The van der Waals surface area contributed by atoms with Crippen LogP contribution in [0.25, 0.3) is 0 Å². The summed E-state index contributed by atoms with van der Waals surface area (Å²) in [5, 5.41) is 3.45. The van der Waals surface area contributed by atoms with Crippen LogP contribution in [0.1, 0.15) is 21.5 Å². The second kappa shape index (κ2) is 6.94. The molecule has 4 heteroatoms. The molecule has 0 atom stereocenters. The lowest BCUT2D eigenvalue weighted by Gasteiger charge is -2.07. The topological polar surface area (TPSA) is 55.1 Å². The number of amides is 1. The van der Waals surface area contributed by atoms with Crippen LogP contribution >= 0.6 is 11.6 Å². The molecule has 21 heavy (non-hydrogen) atoms. The highest BCUT2D eigenvalue weighted by molar-refractivity contribution is 6.30. The van der Waals surface area contributed by atoms with Crippen molar-refractivity contribution < 1.29 is 4.79 Å². The molecule has 3 nitrogen and oxygen atoms in total.